The second-order valence-corrected chi connectivity index (χ2v) is 8.52. The Hall–Kier alpha value is -2.45. The second kappa shape index (κ2) is 9.84. The van der Waals surface area contributed by atoms with Crippen LogP contribution in [-0.2, 0) is 10.0 Å². The summed E-state index contributed by atoms with van der Waals surface area (Å²) in [4.78, 5) is 13.4. The standard InChI is InChI=1S/C20H25ClN2O5S/c1-4-10-23(11-5-2)18-8-6-14(20(24)25)12-17(18)22-29(26,27)15-7-9-19(28-3)16(21)13-15/h6-9,12-13,22H,4-5,10-11H2,1-3H3,(H,24,25). The third-order valence-corrected chi connectivity index (χ3v) is 5.91. The molecule has 0 spiro atoms. The minimum absolute atomic E-state index is 0.00726. The lowest BCUT2D eigenvalue weighted by Gasteiger charge is -2.27. The predicted octanol–water partition coefficient (Wildman–Crippen LogP) is 4.47. The minimum atomic E-state index is -4.00. The molecule has 0 heterocycles. The first-order chi connectivity index (χ1) is 13.7. The van der Waals surface area contributed by atoms with Gasteiger partial charge in [0.25, 0.3) is 10.0 Å². The molecule has 2 N–H and O–H groups in total. The quantitative estimate of drug-likeness (QED) is 0.565. The zero-order valence-corrected chi connectivity index (χ0v) is 18.2. The van der Waals surface area contributed by atoms with Crippen LogP contribution in [0.25, 0.3) is 0 Å². The number of hydrogen-bond acceptors (Lipinski definition) is 5. The van der Waals surface area contributed by atoms with Crippen LogP contribution in [0.5, 0.6) is 5.75 Å². The van der Waals surface area contributed by atoms with Gasteiger partial charge < -0.3 is 14.7 Å². The van der Waals surface area contributed by atoms with Crippen LogP contribution >= 0.6 is 11.6 Å². The predicted molar refractivity (Wildman–Crippen MR) is 115 cm³/mol. The van der Waals surface area contributed by atoms with Crippen molar-refractivity contribution < 1.29 is 23.1 Å². The molecule has 0 aromatic heterocycles. The van der Waals surface area contributed by atoms with Gasteiger partial charge in [-0.05, 0) is 49.2 Å². The van der Waals surface area contributed by atoms with Gasteiger partial charge in [0.2, 0.25) is 0 Å². The normalized spacial score (nSPS) is 11.2. The van der Waals surface area contributed by atoms with Gasteiger partial charge in [0.15, 0.2) is 0 Å². The van der Waals surface area contributed by atoms with Gasteiger partial charge in [-0.1, -0.05) is 25.4 Å². The molecule has 0 aliphatic carbocycles. The van der Waals surface area contributed by atoms with Crippen LogP contribution in [-0.4, -0.2) is 39.7 Å². The van der Waals surface area contributed by atoms with Crippen LogP contribution < -0.4 is 14.4 Å². The molecule has 0 bridgehead atoms. The van der Waals surface area contributed by atoms with Crippen molar-refractivity contribution in [2.75, 3.05) is 29.8 Å². The molecule has 2 aromatic rings. The molecule has 2 aromatic carbocycles. The smallest absolute Gasteiger partial charge is 0.335 e. The van der Waals surface area contributed by atoms with Crippen molar-refractivity contribution in [1.82, 2.24) is 0 Å². The molecule has 29 heavy (non-hydrogen) atoms. The number of anilines is 2. The van der Waals surface area contributed by atoms with Gasteiger partial charge in [0.05, 0.1) is 34.0 Å². The monoisotopic (exact) mass is 440 g/mol. The number of benzene rings is 2. The molecule has 0 fully saturated rings. The van der Waals surface area contributed by atoms with E-state index in [1.165, 1.54) is 37.4 Å². The van der Waals surface area contributed by atoms with E-state index in [-0.39, 0.29) is 21.2 Å². The minimum Gasteiger partial charge on any atom is -0.495 e. The zero-order valence-electron chi connectivity index (χ0n) is 16.6. The molecule has 0 amide bonds. The molecule has 0 unspecified atom stereocenters. The molecule has 158 valence electrons. The number of carbonyl (C=O) groups is 1. The largest absolute Gasteiger partial charge is 0.495 e. The number of halogens is 1. The van der Waals surface area contributed by atoms with Crippen LogP contribution in [0.4, 0.5) is 11.4 Å². The Labute approximate surface area is 176 Å². The first-order valence-electron chi connectivity index (χ1n) is 9.22. The fourth-order valence-electron chi connectivity index (χ4n) is 2.94. The van der Waals surface area contributed by atoms with Crippen molar-refractivity contribution >= 4 is 39.0 Å². The van der Waals surface area contributed by atoms with E-state index in [0.717, 1.165) is 12.8 Å². The number of aromatic carboxylic acids is 1. The number of nitrogens with one attached hydrogen (secondary N) is 1. The van der Waals surface area contributed by atoms with E-state index in [0.29, 0.717) is 24.5 Å². The summed E-state index contributed by atoms with van der Waals surface area (Å²) in [6.07, 6.45) is 1.72. The van der Waals surface area contributed by atoms with E-state index in [9.17, 15) is 18.3 Å². The van der Waals surface area contributed by atoms with Crippen LogP contribution in [0, 0.1) is 0 Å². The molecular weight excluding hydrogens is 416 g/mol. The van der Waals surface area contributed by atoms with Crippen molar-refractivity contribution in [2.24, 2.45) is 0 Å². The number of hydrogen-bond donors (Lipinski definition) is 2. The first kappa shape index (κ1) is 22.8. The Morgan fingerprint density at radius 3 is 2.31 bits per heavy atom. The summed E-state index contributed by atoms with van der Waals surface area (Å²) < 4.78 is 33.5. The van der Waals surface area contributed by atoms with Crippen molar-refractivity contribution in [1.29, 1.82) is 0 Å². The van der Waals surface area contributed by atoms with Crippen LogP contribution in [0.3, 0.4) is 0 Å². The van der Waals surface area contributed by atoms with Crippen molar-refractivity contribution in [3.8, 4) is 5.75 Å². The fourth-order valence-corrected chi connectivity index (χ4v) is 4.35. The van der Waals surface area contributed by atoms with E-state index in [4.69, 9.17) is 16.3 Å². The Morgan fingerprint density at radius 2 is 1.79 bits per heavy atom. The fraction of sp³-hybridized carbons (Fsp3) is 0.350. The van der Waals surface area contributed by atoms with Gasteiger partial charge in [-0.25, -0.2) is 13.2 Å². The molecule has 0 saturated heterocycles. The lowest BCUT2D eigenvalue weighted by atomic mass is 10.1. The zero-order chi connectivity index (χ0) is 21.6. The summed E-state index contributed by atoms with van der Waals surface area (Å²) >= 11 is 6.07. The maximum Gasteiger partial charge on any atom is 0.335 e. The number of carboxylic acids is 1. The highest BCUT2D eigenvalue weighted by Gasteiger charge is 2.21. The van der Waals surface area contributed by atoms with Gasteiger partial charge in [-0.3, -0.25) is 4.72 Å². The third-order valence-electron chi connectivity index (χ3n) is 4.25. The molecule has 0 aliphatic heterocycles. The molecule has 2 rings (SSSR count). The summed E-state index contributed by atoms with van der Waals surface area (Å²) in [6.45, 7) is 5.47. The highest BCUT2D eigenvalue weighted by Crippen LogP contribution is 2.32. The topological polar surface area (TPSA) is 95.9 Å². The highest BCUT2D eigenvalue weighted by atomic mass is 35.5. The Morgan fingerprint density at radius 1 is 1.14 bits per heavy atom. The van der Waals surface area contributed by atoms with E-state index in [2.05, 4.69) is 4.72 Å². The van der Waals surface area contributed by atoms with Gasteiger partial charge in [0.1, 0.15) is 5.75 Å². The van der Waals surface area contributed by atoms with Crippen molar-refractivity contribution in [3.63, 3.8) is 0 Å². The summed E-state index contributed by atoms with van der Waals surface area (Å²) in [7, 11) is -2.56. The number of ether oxygens (including phenoxy) is 1. The SMILES string of the molecule is CCCN(CCC)c1ccc(C(=O)O)cc1NS(=O)(=O)c1ccc(OC)c(Cl)c1. The third kappa shape index (κ3) is 5.55. The van der Waals surface area contributed by atoms with Crippen LogP contribution in [0.2, 0.25) is 5.02 Å². The maximum atomic E-state index is 12.9. The molecular formula is C20H25ClN2O5S. The van der Waals surface area contributed by atoms with Crippen molar-refractivity contribution in [3.05, 3.63) is 47.0 Å². The number of carboxylic acid groups (broad SMARTS) is 1. The van der Waals surface area contributed by atoms with Crippen LogP contribution in [0.15, 0.2) is 41.3 Å². The molecule has 0 atom stereocenters. The summed E-state index contributed by atoms with van der Waals surface area (Å²) in [5, 5.41) is 9.49. The Bertz CT molecular complexity index is 973. The molecule has 0 saturated carbocycles. The number of sulfonamides is 1. The van der Waals surface area contributed by atoms with E-state index in [1.54, 1.807) is 6.07 Å². The Balaban J connectivity index is 2.51. The second-order valence-electron chi connectivity index (χ2n) is 6.43. The number of methoxy groups -OCH3 is 1. The van der Waals surface area contributed by atoms with Gasteiger partial charge in [-0.2, -0.15) is 0 Å². The summed E-state index contributed by atoms with van der Waals surface area (Å²) in [5.74, 6) is -0.779. The molecule has 7 nitrogen and oxygen atoms in total. The highest BCUT2D eigenvalue weighted by molar-refractivity contribution is 7.92. The lowest BCUT2D eigenvalue weighted by Crippen LogP contribution is -2.27. The number of nitrogens with zero attached hydrogens (tertiary/aromatic N) is 1. The van der Waals surface area contributed by atoms with E-state index >= 15 is 0 Å². The summed E-state index contributed by atoms with van der Waals surface area (Å²) in [5.41, 5.74) is 0.827. The van der Waals surface area contributed by atoms with Gasteiger partial charge >= 0.3 is 5.97 Å². The first-order valence-corrected chi connectivity index (χ1v) is 11.1. The molecule has 9 heteroatoms. The van der Waals surface area contributed by atoms with Gasteiger partial charge in [0, 0.05) is 13.1 Å². The molecule has 0 radical (unpaired) electrons. The average molecular weight is 441 g/mol. The lowest BCUT2D eigenvalue weighted by molar-refractivity contribution is 0.0697. The van der Waals surface area contributed by atoms with Crippen LogP contribution in [0.1, 0.15) is 37.0 Å². The average Bonchev–Trinajstić information content (AvgIpc) is 2.67. The van der Waals surface area contributed by atoms with E-state index in [1.807, 2.05) is 18.7 Å². The maximum absolute atomic E-state index is 12.9. The Kier molecular flexibility index (Phi) is 7.75. The van der Waals surface area contributed by atoms with Crippen molar-refractivity contribution in [2.45, 2.75) is 31.6 Å². The van der Waals surface area contributed by atoms with E-state index < -0.39 is 16.0 Å². The number of rotatable bonds is 10. The molecule has 0 aliphatic rings. The van der Waals surface area contributed by atoms with Gasteiger partial charge in [-0.15, -0.1) is 0 Å². The summed E-state index contributed by atoms with van der Waals surface area (Å²) in [6, 6.07) is 8.57.